The first kappa shape index (κ1) is 12.1. The van der Waals surface area contributed by atoms with Crippen molar-refractivity contribution in [3.05, 3.63) is 35.9 Å². The highest BCUT2D eigenvalue weighted by atomic mass is 16.6. The Morgan fingerprint density at radius 3 is 2.82 bits per heavy atom. The smallest absolute Gasteiger partial charge is 0.338 e. The molecule has 0 bridgehead atoms. The summed E-state index contributed by atoms with van der Waals surface area (Å²) >= 11 is 0. The molecule has 0 amide bonds. The van der Waals surface area contributed by atoms with Crippen molar-refractivity contribution in [1.29, 1.82) is 0 Å². The van der Waals surface area contributed by atoms with E-state index in [2.05, 4.69) is 0 Å². The van der Waals surface area contributed by atoms with Gasteiger partial charge in [0.1, 0.15) is 0 Å². The average molecular weight is 236 g/mol. The van der Waals surface area contributed by atoms with E-state index in [9.17, 15) is 9.90 Å². The van der Waals surface area contributed by atoms with Crippen LogP contribution in [0.2, 0.25) is 0 Å². The fraction of sp³-hybridized carbons (Fsp3) is 0.462. The highest BCUT2D eigenvalue weighted by molar-refractivity contribution is 5.75. The van der Waals surface area contributed by atoms with Crippen LogP contribution >= 0.6 is 0 Å². The molecule has 3 atom stereocenters. The van der Waals surface area contributed by atoms with E-state index in [1.807, 2.05) is 30.3 Å². The van der Waals surface area contributed by atoms with Crippen molar-refractivity contribution in [2.24, 2.45) is 0 Å². The predicted octanol–water partition coefficient (Wildman–Crippen LogP) is 1.44. The van der Waals surface area contributed by atoms with Crippen molar-refractivity contribution >= 4 is 5.97 Å². The van der Waals surface area contributed by atoms with Crippen molar-refractivity contribution < 1.29 is 19.4 Å². The maximum atomic E-state index is 11.5. The number of ether oxygens (including phenoxy) is 2. The quantitative estimate of drug-likeness (QED) is 0.807. The molecule has 4 nitrogen and oxygen atoms in total. The molecule has 2 rings (SSSR count). The molecule has 1 N–H and O–H groups in total. The monoisotopic (exact) mass is 236 g/mol. The van der Waals surface area contributed by atoms with Crippen LogP contribution in [0, 0.1) is 0 Å². The molecule has 0 aromatic heterocycles. The Labute approximate surface area is 100 Å². The molecule has 1 aliphatic rings. The van der Waals surface area contributed by atoms with Gasteiger partial charge in [-0.25, -0.2) is 4.79 Å². The molecule has 1 aromatic carbocycles. The van der Waals surface area contributed by atoms with Gasteiger partial charge in [0.05, 0.1) is 18.8 Å². The van der Waals surface area contributed by atoms with Gasteiger partial charge in [0, 0.05) is 6.42 Å². The third kappa shape index (κ3) is 2.65. The Hall–Kier alpha value is -1.39. The van der Waals surface area contributed by atoms with Crippen LogP contribution < -0.4 is 0 Å². The second kappa shape index (κ2) is 5.29. The molecule has 1 saturated heterocycles. The lowest BCUT2D eigenvalue weighted by molar-refractivity contribution is -0.159. The van der Waals surface area contributed by atoms with E-state index in [1.165, 1.54) is 0 Å². The molecule has 0 radical (unpaired) electrons. The Bertz CT molecular complexity index is 376. The van der Waals surface area contributed by atoms with E-state index >= 15 is 0 Å². The first-order chi connectivity index (χ1) is 8.22. The maximum Gasteiger partial charge on any atom is 0.338 e. The summed E-state index contributed by atoms with van der Waals surface area (Å²) in [5.41, 5.74) is 0.971. The number of hydrogen-bond donors (Lipinski definition) is 1. The van der Waals surface area contributed by atoms with Crippen LogP contribution in [0.4, 0.5) is 0 Å². The summed E-state index contributed by atoms with van der Waals surface area (Å²) in [5.74, 6) is -0.488. The molecular formula is C13H16O4. The lowest BCUT2D eigenvalue weighted by Crippen LogP contribution is -2.32. The van der Waals surface area contributed by atoms with Gasteiger partial charge in [-0.05, 0) is 12.5 Å². The number of benzene rings is 1. The van der Waals surface area contributed by atoms with Crippen LogP contribution in [0.1, 0.15) is 25.0 Å². The fourth-order valence-electron chi connectivity index (χ4n) is 1.99. The van der Waals surface area contributed by atoms with Gasteiger partial charge in [0.25, 0.3) is 0 Å². The van der Waals surface area contributed by atoms with Crippen molar-refractivity contribution in [1.82, 2.24) is 0 Å². The molecule has 0 saturated carbocycles. The lowest BCUT2D eigenvalue weighted by atomic mass is 10.0. The summed E-state index contributed by atoms with van der Waals surface area (Å²) in [5, 5.41) is 9.79. The van der Waals surface area contributed by atoms with Gasteiger partial charge in [-0.1, -0.05) is 30.3 Å². The number of hydrogen-bond acceptors (Lipinski definition) is 4. The molecule has 0 aliphatic carbocycles. The van der Waals surface area contributed by atoms with E-state index in [1.54, 1.807) is 6.92 Å². The maximum absolute atomic E-state index is 11.5. The molecule has 0 spiro atoms. The van der Waals surface area contributed by atoms with E-state index in [0.717, 1.165) is 5.56 Å². The van der Waals surface area contributed by atoms with Crippen molar-refractivity contribution in [3.8, 4) is 0 Å². The molecule has 1 heterocycles. The Morgan fingerprint density at radius 1 is 1.47 bits per heavy atom. The summed E-state index contributed by atoms with van der Waals surface area (Å²) in [6, 6.07) is 9.57. The van der Waals surface area contributed by atoms with Crippen LogP contribution in [0.5, 0.6) is 0 Å². The molecule has 4 heteroatoms. The van der Waals surface area contributed by atoms with Gasteiger partial charge >= 0.3 is 5.97 Å². The van der Waals surface area contributed by atoms with Crippen LogP contribution in [0.3, 0.4) is 0 Å². The van der Waals surface area contributed by atoms with Crippen molar-refractivity contribution in [2.75, 3.05) is 6.61 Å². The van der Waals surface area contributed by atoms with Crippen LogP contribution in [-0.4, -0.2) is 29.9 Å². The minimum absolute atomic E-state index is 0.236. The molecule has 1 aliphatic heterocycles. The molecule has 17 heavy (non-hydrogen) atoms. The standard InChI is InChI=1S/C13H16O4/c1-2-16-13(15)12-10(14)8-11(17-12)9-6-4-3-5-7-9/h3-7,10-12,14H,2,8H2,1H3/t10-,11+,12+/m0/s1. The highest BCUT2D eigenvalue weighted by Crippen LogP contribution is 2.33. The lowest BCUT2D eigenvalue weighted by Gasteiger charge is -2.13. The Morgan fingerprint density at radius 2 is 2.18 bits per heavy atom. The number of carbonyl (C=O) groups excluding carboxylic acids is 1. The Balaban J connectivity index is 2.04. The third-order valence-corrected chi connectivity index (χ3v) is 2.81. The summed E-state index contributed by atoms with van der Waals surface area (Å²) in [6.07, 6.45) is -1.46. The van der Waals surface area contributed by atoms with E-state index < -0.39 is 18.2 Å². The number of aliphatic hydroxyl groups excluding tert-OH is 1. The van der Waals surface area contributed by atoms with Gasteiger partial charge in [-0.15, -0.1) is 0 Å². The van der Waals surface area contributed by atoms with Gasteiger partial charge in [-0.3, -0.25) is 0 Å². The zero-order valence-electron chi connectivity index (χ0n) is 9.70. The van der Waals surface area contributed by atoms with Gasteiger partial charge in [0.15, 0.2) is 6.10 Å². The average Bonchev–Trinajstić information content (AvgIpc) is 2.73. The van der Waals surface area contributed by atoms with Crippen LogP contribution in [0.15, 0.2) is 30.3 Å². The zero-order valence-corrected chi connectivity index (χ0v) is 9.70. The first-order valence-corrected chi connectivity index (χ1v) is 5.77. The largest absolute Gasteiger partial charge is 0.464 e. The minimum Gasteiger partial charge on any atom is -0.464 e. The number of aliphatic hydroxyl groups is 1. The second-order valence-electron chi connectivity index (χ2n) is 4.01. The first-order valence-electron chi connectivity index (χ1n) is 5.77. The highest BCUT2D eigenvalue weighted by Gasteiger charge is 2.40. The van der Waals surface area contributed by atoms with E-state index in [4.69, 9.17) is 9.47 Å². The molecule has 0 unspecified atom stereocenters. The summed E-state index contributed by atoms with van der Waals surface area (Å²) in [7, 11) is 0. The van der Waals surface area contributed by atoms with Crippen LogP contribution in [0.25, 0.3) is 0 Å². The van der Waals surface area contributed by atoms with Crippen LogP contribution in [-0.2, 0) is 14.3 Å². The second-order valence-corrected chi connectivity index (χ2v) is 4.01. The molecule has 1 fully saturated rings. The normalized spacial score (nSPS) is 28.0. The summed E-state index contributed by atoms with van der Waals surface area (Å²) < 4.78 is 10.4. The molecular weight excluding hydrogens is 220 g/mol. The third-order valence-electron chi connectivity index (χ3n) is 2.81. The molecule has 1 aromatic rings. The van der Waals surface area contributed by atoms with E-state index in [0.29, 0.717) is 13.0 Å². The fourth-order valence-corrected chi connectivity index (χ4v) is 1.99. The minimum atomic E-state index is -0.861. The Kier molecular flexibility index (Phi) is 3.76. The summed E-state index contributed by atoms with van der Waals surface area (Å²) in [6.45, 7) is 2.02. The SMILES string of the molecule is CCOC(=O)[C@@H]1O[C@@H](c2ccccc2)C[C@@H]1O. The zero-order chi connectivity index (χ0) is 12.3. The van der Waals surface area contributed by atoms with Gasteiger partial charge < -0.3 is 14.6 Å². The number of rotatable bonds is 3. The van der Waals surface area contributed by atoms with Crippen molar-refractivity contribution in [3.63, 3.8) is 0 Å². The summed E-state index contributed by atoms with van der Waals surface area (Å²) in [4.78, 5) is 11.5. The van der Waals surface area contributed by atoms with Gasteiger partial charge in [-0.2, -0.15) is 0 Å². The topological polar surface area (TPSA) is 55.8 Å². The van der Waals surface area contributed by atoms with E-state index in [-0.39, 0.29) is 6.10 Å². The van der Waals surface area contributed by atoms with Crippen molar-refractivity contribution in [2.45, 2.75) is 31.7 Å². The molecule has 92 valence electrons. The predicted molar refractivity (Wildman–Crippen MR) is 61.3 cm³/mol. The van der Waals surface area contributed by atoms with Gasteiger partial charge in [0.2, 0.25) is 0 Å². The number of esters is 1. The number of carbonyl (C=O) groups is 1.